The molecule has 0 saturated carbocycles. The molecule has 2 aromatic carbocycles. The number of benzene rings is 2. The molecular weight excluding hydrogens is 322 g/mol. The van der Waals surface area contributed by atoms with Crippen molar-refractivity contribution in [3.05, 3.63) is 60.2 Å². The summed E-state index contributed by atoms with van der Waals surface area (Å²) in [4.78, 5) is 4.33. The Morgan fingerprint density at radius 3 is 2.00 bits per heavy atom. The maximum atomic E-state index is 12.4. The Labute approximate surface area is 145 Å². The van der Waals surface area contributed by atoms with Crippen LogP contribution in [0.1, 0.15) is 11.6 Å². The van der Waals surface area contributed by atoms with E-state index in [0.717, 1.165) is 11.3 Å². The third kappa shape index (κ3) is 4.56. The van der Waals surface area contributed by atoms with Crippen LogP contribution in [0.3, 0.4) is 0 Å². The quantitative estimate of drug-likeness (QED) is 0.835. The molecule has 2 aromatic rings. The summed E-state index contributed by atoms with van der Waals surface area (Å²) in [6.45, 7) is 0.311. The van der Waals surface area contributed by atoms with E-state index in [-0.39, 0.29) is 10.9 Å². The van der Waals surface area contributed by atoms with Crippen LogP contribution in [0.15, 0.2) is 59.5 Å². The van der Waals surface area contributed by atoms with Gasteiger partial charge in [-0.15, -0.1) is 0 Å². The molecule has 0 amide bonds. The summed E-state index contributed by atoms with van der Waals surface area (Å²) >= 11 is 0. The average molecular weight is 347 g/mol. The Balaban J connectivity index is 2.15. The van der Waals surface area contributed by atoms with Gasteiger partial charge in [0.2, 0.25) is 10.0 Å². The van der Waals surface area contributed by atoms with Gasteiger partial charge in [-0.1, -0.05) is 30.3 Å². The smallest absolute Gasteiger partial charge is 0.240 e. The number of rotatable bonds is 7. The molecule has 0 unspecified atom stereocenters. The van der Waals surface area contributed by atoms with Crippen molar-refractivity contribution in [2.45, 2.75) is 10.9 Å². The lowest BCUT2D eigenvalue weighted by Gasteiger charge is -2.25. The fraction of sp³-hybridized carbons (Fsp3) is 0.333. The number of hydrogen-bond donors (Lipinski definition) is 1. The van der Waals surface area contributed by atoms with Gasteiger partial charge in [-0.2, -0.15) is 0 Å². The lowest BCUT2D eigenvalue weighted by atomic mass is 10.1. The van der Waals surface area contributed by atoms with Crippen molar-refractivity contribution in [3.8, 4) is 0 Å². The second-order valence-corrected chi connectivity index (χ2v) is 7.90. The Bertz CT molecular complexity index is 742. The topological polar surface area (TPSA) is 52.7 Å². The number of anilines is 1. The Kier molecular flexibility index (Phi) is 5.99. The molecule has 5 nitrogen and oxygen atoms in total. The van der Waals surface area contributed by atoms with Crippen LogP contribution in [0, 0.1) is 0 Å². The first-order valence-corrected chi connectivity index (χ1v) is 9.28. The maximum absolute atomic E-state index is 12.4. The van der Waals surface area contributed by atoms with Gasteiger partial charge in [0.05, 0.1) is 4.90 Å². The van der Waals surface area contributed by atoms with Crippen LogP contribution in [0.25, 0.3) is 0 Å². The summed E-state index contributed by atoms with van der Waals surface area (Å²) in [5, 5.41) is 0. The molecular formula is C18H25N3O2S. The minimum Gasteiger partial charge on any atom is -0.378 e. The number of likely N-dealkylation sites (N-methyl/N-ethyl adjacent to an activating group) is 1. The van der Waals surface area contributed by atoms with Gasteiger partial charge < -0.3 is 9.80 Å². The normalized spacial score (nSPS) is 13.0. The molecule has 0 saturated heterocycles. The van der Waals surface area contributed by atoms with E-state index >= 15 is 0 Å². The van der Waals surface area contributed by atoms with E-state index in [4.69, 9.17) is 0 Å². The largest absolute Gasteiger partial charge is 0.378 e. The van der Waals surface area contributed by atoms with Gasteiger partial charge in [-0.05, 0) is 43.9 Å². The summed E-state index contributed by atoms with van der Waals surface area (Å²) in [6, 6.07) is 16.5. The molecule has 0 spiro atoms. The standard InChI is InChI=1S/C18H25N3O2S/c1-20(2)16-12-10-15(11-13-16)18(21(3)4)14-19-24(22,23)17-8-6-5-7-9-17/h5-13,18-19H,14H2,1-4H3/t18-/m0/s1. The van der Waals surface area contributed by atoms with E-state index in [1.54, 1.807) is 30.3 Å². The molecule has 6 heteroatoms. The molecule has 2 rings (SSSR count). The maximum Gasteiger partial charge on any atom is 0.240 e. The van der Waals surface area contributed by atoms with Crippen LogP contribution in [0.5, 0.6) is 0 Å². The number of nitrogens with zero attached hydrogens (tertiary/aromatic N) is 2. The minimum atomic E-state index is -3.50. The van der Waals surface area contributed by atoms with Gasteiger partial charge in [0.25, 0.3) is 0 Å². The fourth-order valence-electron chi connectivity index (χ4n) is 2.46. The van der Waals surface area contributed by atoms with E-state index < -0.39 is 10.0 Å². The van der Waals surface area contributed by atoms with Gasteiger partial charge >= 0.3 is 0 Å². The van der Waals surface area contributed by atoms with E-state index in [0.29, 0.717) is 6.54 Å². The van der Waals surface area contributed by atoms with E-state index in [2.05, 4.69) is 4.72 Å². The van der Waals surface area contributed by atoms with E-state index in [1.807, 2.05) is 62.3 Å². The Morgan fingerprint density at radius 1 is 0.917 bits per heavy atom. The van der Waals surface area contributed by atoms with Gasteiger partial charge in [0.1, 0.15) is 0 Å². The SMILES string of the molecule is CN(C)c1ccc([C@H](CNS(=O)(=O)c2ccccc2)N(C)C)cc1. The number of hydrogen-bond acceptors (Lipinski definition) is 4. The minimum absolute atomic E-state index is 0.0419. The Hall–Kier alpha value is -1.89. The van der Waals surface area contributed by atoms with Crippen LogP contribution in [0.2, 0.25) is 0 Å². The molecule has 0 aliphatic carbocycles. The first-order chi connectivity index (χ1) is 11.3. The highest BCUT2D eigenvalue weighted by atomic mass is 32.2. The van der Waals surface area contributed by atoms with Gasteiger partial charge in [0.15, 0.2) is 0 Å². The van der Waals surface area contributed by atoms with Crippen LogP contribution in [0.4, 0.5) is 5.69 Å². The average Bonchev–Trinajstić information content (AvgIpc) is 2.56. The van der Waals surface area contributed by atoms with Crippen molar-refractivity contribution in [3.63, 3.8) is 0 Å². The van der Waals surface area contributed by atoms with Crippen LogP contribution in [-0.2, 0) is 10.0 Å². The molecule has 0 radical (unpaired) electrons. The van der Waals surface area contributed by atoms with E-state index in [9.17, 15) is 8.42 Å². The van der Waals surface area contributed by atoms with Crippen molar-refractivity contribution in [1.82, 2.24) is 9.62 Å². The monoisotopic (exact) mass is 347 g/mol. The van der Waals surface area contributed by atoms with Crippen molar-refractivity contribution in [2.75, 3.05) is 39.6 Å². The lowest BCUT2D eigenvalue weighted by Crippen LogP contribution is -2.34. The highest BCUT2D eigenvalue weighted by Crippen LogP contribution is 2.21. The number of sulfonamides is 1. The van der Waals surface area contributed by atoms with Crippen molar-refractivity contribution in [2.24, 2.45) is 0 Å². The third-order valence-corrected chi connectivity index (χ3v) is 5.38. The molecule has 0 heterocycles. The summed E-state index contributed by atoms with van der Waals surface area (Å²) in [5.41, 5.74) is 2.18. The lowest BCUT2D eigenvalue weighted by molar-refractivity contribution is 0.299. The van der Waals surface area contributed by atoms with E-state index in [1.165, 1.54) is 0 Å². The molecule has 0 aliphatic heterocycles. The Morgan fingerprint density at radius 2 is 1.50 bits per heavy atom. The van der Waals surface area contributed by atoms with Crippen LogP contribution >= 0.6 is 0 Å². The molecule has 0 bridgehead atoms. The van der Waals surface area contributed by atoms with Crippen molar-refractivity contribution < 1.29 is 8.42 Å². The summed E-state index contributed by atoms with van der Waals surface area (Å²) in [5.74, 6) is 0. The highest BCUT2D eigenvalue weighted by Gasteiger charge is 2.19. The van der Waals surface area contributed by atoms with Crippen LogP contribution in [-0.4, -0.2) is 48.1 Å². The molecule has 0 aliphatic rings. The molecule has 1 atom stereocenters. The number of nitrogens with one attached hydrogen (secondary N) is 1. The van der Waals surface area contributed by atoms with Crippen molar-refractivity contribution >= 4 is 15.7 Å². The third-order valence-electron chi connectivity index (χ3n) is 3.94. The predicted octanol–water partition coefficient (Wildman–Crippen LogP) is 2.33. The second-order valence-electron chi connectivity index (χ2n) is 6.13. The highest BCUT2D eigenvalue weighted by molar-refractivity contribution is 7.89. The fourth-order valence-corrected chi connectivity index (χ4v) is 3.52. The zero-order valence-electron chi connectivity index (χ0n) is 14.6. The molecule has 1 N–H and O–H groups in total. The second kappa shape index (κ2) is 7.79. The van der Waals surface area contributed by atoms with Gasteiger partial charge in [0, 0.05) is 32.4 Å². The first-order valence-electron chi connectivity index (χ1n) is 7.79. The first kappa shape index (κ1) is 18.4. The van der Waals surface area contributed by atoms with Gasteiger partial charge in [-0.25, -0.2) is 13.1 Å². The molecule has 0 fully saturated rings. The zero-order chi connectivity index (χ0) is 17.7. The van der Waals surface area contributed by atoms with Crippen LogP contribution < -0.4 is 9.62 Å². The van der Waals surface area contributed by atoms with Gasteiger partial charge in [-0.3, -0.25) is 0 Å². The summed E-state index contributed by atoms with van der Waals surface area (Å²) in [6.07, 6.45) is 0. The molecule has 130 valence electrons. The zero-order valence-corrected chi connectivity index (χ0v) is 15.4. The molecule has 24 heavy (non-hydrogen) atoms. The molecule has 0 aromatic heterocycles. The predicted molar refractivity (Wildman–Crippen MR) is 98.8 cm³/mol. The van der Waals surface area contributed by atoms with Crippen molar-refractivity contribution in [1.29, 1.82) is 0 Å². The summed E-state index contributed by atoms with van der Waals surface area (Å²) < 4.78 is 27.5. The summed E-state index contributed by atoms with van der Waals surface area (Å²) in [7, 11) is 4.37.